The van der Waals surface area contributed by atoms with Crippen LogP contribution in [0.25, 0.3) is 16.7 Å². The number of likely N-dealkylation sites (tertiary alicyclic amines) is 1. The molecule has 0 saturated carbocycles. The monoisotopic (exact) mass is 463 g/mol. The van der Waals surface area contributed by atoms with Crippen molar-refractivity contribution in [1.82, 2.24) is 34.8 Å². The Balaban J connectivity index is 0.000000275. The van der Waals surface area contributed by atoms with Crippen LogP contribution in [0.3, 0.4) is 0 Å². The third kappa shape index (κ3) is 5.71. The molecule has 1 aromatic carbocycles. The number of hydrogen-bond acceptors (Lipinski definition) is 9. The Labute approximate surface area is 196 Å². The molecule has 170 valence electrons. The normalized spacial score (nSPS) is 14.5. The van der Waals surface area contributed by atoms with Crippen molar-refractivity contribution in [2.45, 2.75) is 23.8 Å². The van der Waals surface area contributed by atoms with E-state index in [-0.39, 0.29) is 6.10 Å². The maximum atomic E-state index is 9.94. The van der Waals surface area contributed by atoms with Crippen LogP contribution in [-0.2, 0) is 0 Å². The summed E-state index contributed by atoms with van der Waals surface area (Å²) in [5.41, 5.74) is 2.31. The van der Waals surface area contributed by atoms with Crippen LogP contribution in [0.4, 0.5) is 0 Å². The number of aldehydes is 1. The van der Waals surface area contributed by atoms with Gasteiger partial charge in [-0.05, 0) is 56.5 Å². The molecule has 9 nitrogen and oxygen atoms in total. The molecule has 0 N–H and O–H groups in total. The van der Waals surface area contributed by atoms with E-state index in [4.69, 9.17) is 4.74 Å². The molecule has 4 aromatic rings. The van der Waals surface area contributed by atoms with Crippen molar-refractivity contribution in [3.63, 3.8) is 0 Å². The van der Waals surface area contributed by atoms with Gasteiger partial charge in [0.2, 0.25) is 5.88 Å². The molecule has 1 saturated heterocycles. The molecule has 4 heterocycles. The first kappa shape index (κ1) is 22.8. The number of rotatable bonds is 5. The average molecular weight is 464 g/mol. The fraction of sp³-hybridized carbons (Fsp3) is 0.304. The van der Waals surface area contributed by atoms with E-state index in [2.05, 4.69) is 67.7 Å². The largest absolute Gasteiger partial charge is 0.474 e. The van der Waals surface area contributed by atoms with E-state index >= 15 is 0 Å². The lowest BCUT2D eigenvalue weighted by atomic mass is 10.1. The fourth-order valence-electron chi connectivity index (χ4n) is 3.46. The summed E-state index contributed by atoms with van der Waals surface area (Å²) in [6.07, 6.45) is 11.3. The lowest BCUT2D eigenvalue weighted by Crippen LogP contribution is -2.35. The number of thioether (sulfide) groups is 1. The summed E-state index contributed by atoms with van der Waals surface area (Å²) in [5, 5.41) is 12.3. The van der Waals surface area contributed by atoms with Crippen molar-refractivity contribution < 1.29 is 9.53 Å². The topological polar surface area (TPSA) is 98.9 Å². The summed E-state index contributed by atoms with van der Waals surface area (Å²) in [7, 11) is 2.14. The van der Waals surface area contributed by atoms with Gasteiger partial charge < -0.3 is 9.64 Å². The Kier molecular flexibility index (Phi) is 7.59. The fourth-order valence-corrected chi connectivity index (χ4v) is 3.87. The number of piperidine rings is 1. The number of benzene rings is 1. The predicted molar refractivity (Wildman–Crippen MR) is 127 cm³/mol. The van der Waals surface area contributed by atoms with Gasteiger partial charge in [-0.1, -0.05) is 0 Å². The van der Waals surface area contributed by atoms with E-state index in [9.17, 15) is 4.79 Å². The third-order valence-electron chi connectivity index (χ3n) is 5.33. The standard InChI is InChI=1S/C18H21N5OS.C5H4N2O/c1-22-9-7-14(8-10-22)24-18-16-11-21-23(17(16)19-12-20-18)13-3-5-15(25-2)6-4-13;8-4-5-1-2-6-7-3-5/h3-6,11-12,14H,7-10H2,1-2H3;1-4H. The van der Waals surface area contributed by atoms with Crippen LogP contribution in [0.5, 0.6) is 5.88 Å². The summed E-state index contributed by atoms with van der Waals surface area (Å²) in [6, 6.07) is 9.88. The molecule has 0 aliphatic carbocycles. The smallest absolute Gasteiger partial charge is 0.228 e. The number of hydrogen-bond donors (Lipinski definition) is 0. The molecule has 0 radical (unpaired) electrons. The number of carbonyl (C=O) groups is 1. The molecular weight excluding hydrogens is 438 g/mol. The molecule has 1 aliphatic rings. The molecule has 1 fully saturated rings. The molecule has 0 spiro atoms. The quantitative estimate of drug-likeness (QED) is 0.326. The molecule has 10 heteroatoms. The van der Waals surface area contributed by atoms with Crippen LogP contribution in [0.15, 0.2) is 60.1 Å². The number of fused-ring (bicyclic) bond motifs is 1. The van der Waals surface area contributed by atoms with Crippen LogP contribution < -0.4 is 4.74 Å². The van der Waals surface area contributed by atoms with Gasteiger partial charge in [0, 0.05) is 23.5 Å². The lowest BCUT2D eigenvalue weighted by molar-refractivity contribution is 0.111. The first-order valence-electron chi connectivity index (χ1n) is 10.6. The van der Waals surface area contributed by atoms with Gasteiger partial charge in [0.15, 0.2) is 11.9 Å². The van der Waals surface area contributed by atoms with Crippen molar-refractivity contribution >= 4 is 29.1 Å². The number of aromatic nitrogens is 6. The van der Waals surface area contributed by atoms with Crippen LogP contribution in [0.2, 0.25) is 0 Å². The van der Waals surface area contributed by atoms with Crippen LogP contribution in [0.1, 0.15) is 23.2 Å². The van der Waals surface area contributed by atoms with Gasteiger partial charge >= 0.3 is 0 Å². The predicted octanol–water partition coefficient (Wildman–Crippen LogP) is 3.30. The van der Waals surface area contributed by atoms with Gasteiger partial charge in [-0.15, -0.1) is 11.8 Å². The van der Waals surface area contributed by atoms with Crippen LogP contribution >= 0.6 is 11.8 Å². The minimum absolute atomic E-state index is 0.207. The Bertz CT molecular complexity index is 1180. The zero-order valence-corrected chi connectivity index (χ0v) is 19.4. The second-order valence-corrected chi connectivity index (χ2v) is 8.46. The molecule has 5 rings (SSSR count). The minimum atomic E-state index is 0.207. The van der Waals surface area contributed by atoms with Gasteiger partial charge in [0.1, 0.15) is 17.8 Å². The molecule has 0 bridgehead atoms. The van der Waals surface area contributed by atoms with E-state index in [1.807, 2.05) is 4.68 Å². The molecule has 0 amide bonds. The maximum absolute atomic E-state index is 9.94. The van der Waals surface area contributed by atoms with Gasteiger partial charge in [0.05, 0.1) is 24.3 Å². The molecule has 0 unspecified atom stereocenters. The highest BCUT2D eigenvalue weighted by atomic mass is 32.2. The molecule has 33 heavy (non-hydrogen) atoms. The van der Waals surface area contributed by atoms with Crippen molar-refractivity contribution in [3.8, 4) is 11.6 Å². The molecule has 0 atom stereocenters. The average Bonchev–Trinajstić information content (AvgIpc) is 3.31. The molecular formula is C23H25N7O2S. The summed E-state index contributed by atoms with van der Waals surface area (Å²) in [5.74, 6) is 0.631. The van der Waals surface area contributed by atoms with E-state index in [0.29, 0.717) is 11.4 Å². The number of ether oxygens (including phenoxy) is 1. The second kappa shape index (κ2) is 11.0. The van der Waals surface area contributed by atoms with Gasteiger partial charge in [-0.3, -0.25) is 4.79 Å². The van der Waals surface area contributed by atoms with Crippen LogP contribution in [0, 0.1) is 0 Å². The summed E-state index contributed by atoms with van der Waals surface area (Å²) in [4.78, 5) is 22.3. The third-order valence-corrected chi connectivity index (χ3v) is 6.08. The second-order valence-electron chi connectivity index (χ2n) is 7.58. The molecule has 3 aromatic heterocycles. The number of nitrogens with zero attached hydrogens (tertiary/aromatic N) is 7. The highest BCUT2D eigenvalue weighted by molar-refractivity contribution is 7.98. The Hall–Kier alpha value is -3.37. The minimum Gasteiger partial charge on any atom is -0.474 e. The van der Waals surface area contributed by atoms with Crippen molar-refractivity contribution in [3.05, 3.63) is 60.8 Å². The Morgan fingerprint density at radius 1 is 1.06 bits per heavy atom. The Morgan fingerprint density at radius 3 is 2.48 bits per heavy atom. The summed E-state index contributed by atoms with van der Waals surface area (Å²) < 4.78 is 8.00. The van der Waals surface area contributed by atoms with E-state index in [0.717, 1.165) is 48.9 Å². The van der Waals surface area contributed by atoms with Crippen molar-refractivity contribution in [2.75, 3.05) is 26.4 Å². The van der Waals surface area contributed by atoms with Gasteiger partial charge in [-0.2, -0.15) is 15.3 Å². The van der Waals surface area contributed by atoms with Gasteiger partial charge in [-0.25, -0.2) is 14.6 Å². The highest BCUT2D eigenvalue weighted by Crippen LogP contribution is 2.26. The first-order valence-corrected chi connectivity index (χ1v) is 11.8. The summed E-state index contributed by atoms with van der Waals surface area (Å²) in [6.45, 7) is 2.11. The number of carbonyl (C=O) groups excluding carboxylic acids is 1. The van der Waals surface area contributed by atoms with Crippen molar-refractivity contribution in [1.29, 1.82) is 0 Å². The maximum Gasteiger partial charge on any atom is 0.228 e. The van der Waals surface area contributed by atoms with Crippen molar-refractivity contribution in [2.24, 2.45) is 0 Å². The summed E-state index contributed by atoms with van der Waals surface area (Å²) >= 11 is 1.72. The molecule has 1 aliphatic heterocycles. The van der Waals surface area contributed by atoms with Crippen LogP contribution in [-0.4, -0.2) is 73.6 Å². The Morgan fingerprint density at radius 2 is 1.85 bits per heavy atom. The van der Waals surface area contributed by atoms with E-state index in [1.54, 1.807) is 30.4 Å². The highest BCUT2D eigenvalue weighted by Gasteiger charge is 2.20. The lowest BCUT2D eigenvalue weighted by Gasteiger charge is -2.28. The zero-order valence-electron chi connectivity index (χ0n) is 18.5. The van der Waals surface area contributed by atoms with E-state index < -0.39 is 0 Å². The SMILES string of the molecule is CSc1ccc(-n2ncc3c(OC4CCN(C)CC4)ncnc32)cc1.O=Cc1ccnnc1. The zero-order chi connectivity index (χ0) is 23.0. The van der Waals surface area contributed by atoms with E-state index in [1.165, 1.54) is 17.3 Å². The van der Waals surface area contributed by atoms with Gasteiger partial charge in [0.25, 0.3) is 0 Å². The first-order chi connectivity index (χ1) is 16.2.